The number of carbonyl (C=O) groups is 1. The summed E-state index contributed by atoms with van der Waals surface area (Å²) in [6, 6.07) is 9.61. The van der Waals surface area contributed by atoms with Crippen molar-refractivity contribution in [2.24, 2.45) is 0 Å². The number of hydrogen-bond donors (Lipinski definition) is 2. The summed E-state index contributed by atoms with van der Waals surface area (Å²) in [5.41, 5.74) is 0. The van der Waals surface area contributed by atoms with Crippen LogP contribution in [0.15, 0.2) is 36.4 Å². The summed E-state index contributed by atoms with van der Waals surface area (Å²) in [6.07, 6.45) is 1.89. The summed E-state index contributed by atoms with van der Waals surface area (Å²) in [5.74, 6) is 1.50. The molecule has 0 saturated heterocycles. The van der Waals surface area contributed by atoms with Crippen LogP contribution in [-0.4, -0.2) is 31.0 Å². The number of ether oxygens (including phenoxy) is 3. The highest BCUT2D eigenvalue weighted by molar-refractivity contribution is 6.37. The van der Waals surface area contributed by atoms with Crippen LogP contribution < -0.4 is 19.5 Å². The van der Waals surface area contributed by atoms with Gasteiger partial charge in [-0.05, 0) is 43.5 Å². The first-order valence-electron chi connectivity index (χ1n) is 8.99. The summed E-state index contributed by atoms with van der Waals surface area (Å²) in [7, 11) is 0. The summed E-state index contributed by atoms with van der Waals surface area (Å²) in [5, 5.41) is 12.6. The number of hydrogen-bond acceptors (Lipinski definition) is 5. The van der Waals surface area contributed by atoms with Crippen LogP contribution in [0.4, 0.5) is 4.79 Å². The van der Waals surface area contributed by atoms with E-state index in [9.17, 15) is 9.90 Å². The molecule has 0 spiro atoms. The number of phenolic OH excluding ortho intramolecular Hbond substituents is 1. The summed E-state index contributed by atoms with van der Waals surface area (Å²) >= 11 is 12.0. The van der Waals surface area contributed by atoms with E-state index in [0.29, 0.717) is 37.0 Å². The van der Waals surface area contributed by atoms with Crippen LogP contribution in [0.1, 0.15) is 26.2 Å². The fourth-order valence-electron chi connectivity index (χ4n) is 2.23. The van der Waals surface area contributed by atoms with Crippen LogP contribution in [0.5, 0.6) is 23.0 Å². The van der Waals surface area contributed by atoms with Crippen molar-refractivity contribution < 1.29 is 24.1 Å². The SMILES string of the molecule is CCCNC(=O)Oc1ccc(OCCCCOc2c(Cl)cc(O)cc2Cl)cc1. The van der Waals surface area contributed by atoms with E-state index in [1.165, 1.54) is 12.1 Å². The highest BCUT2D eigenvalue weighted by Gasteiger charge is 2.09. The van der Waals surface area contributed by atoms with Gasteiger partial charge < -0.3 is 24.6 Å². The molecule has 28 heavy (non-hydrogen) atoms. The molecule has 0 radical (unpaired) electrons. The van der Waals surface area contributed by atoms with Gasteiger partial charge in [-0.1, -0.05) is 30.1 Å². The van der Waals surface area contributed by atoms with Crippen LogP contribution in [0.3, 0.4) is 0 Å². The topological polar surface area (TPSA) is 77.0 Å². The molecule has 2 aromatic carbocycles. The van der Waals surface area contributed by atoms with Gasteiger partial charge in [-0.2, -0.15) is 0 Å². The first-order chi connectivity index (χ1) is 13.5. The molecule has 2 aromatic rings. The summed E-state index contributed by atoms with van der Waals surface area (Å²) in [6.45, 7) is 3.48. The van der Waals surface area contributed by atoms with Gasteiger partial charge in [0.25, 0.3) is 0 Å². The molecule has 8 heteroatoms. The Morgan fingerprint density at radius 3 is 2.18 bits per heavy atom. The molecule has 0 unspecified atom stereocenters. The molecule has 0 aliphatic rings. The van der Waals surface area contributed by atoms with E-state index in [2.05, 4.69) is 5.32 Å². The van der Waals surface area contributed by atoms with Crippen molar-refractivity contribution in [3.05, 3.63) is 46.4 Å². The van der Waals surface area contributed by atoms with Gasteiger partial charge in [-0.25, -0.2) is 4.79 Å². The molecule has 0 saturated carbocycles. The Kier molecular flexibility index (Phi) is 9.04. The molecule has 1 amide bonds. The molecule has 6 nitrogen and oxygen atoms in total. The Bertz CT molecular complexity index is 745. The van der Waals surface area contributed by atoms with Gasteiger partial charge in [0.05, 0.1) is 23.3 Å². The molecule has 0 heterocycles. The molecule has 0 atom stereocenters. The van der Waals surface area contributed by atoms with Crippen molar-refractivity contribution in [3.8, 4) is 23.0 Å². The lowest BCUT2D eigenvalue weighted by molar-refractivity contribution is 0.200. The number of rotatable bonds is 10. The minimum absolute atomic E-state index is 0.00578. The first-order valence-corrected chi connectivity index (χ1v) is 9.74. The number of carbonyl (C=O) groups excluding carboxylic acids is 1. The molecule has 2 N–H and O–H groups in total. The highest BCUT2D eigenvalue weighted by Crippen LogP contribution is 2.36. The van der Waals surface area contributed by atoms with E-state index < -0.39 is 6.09 Å². The van der Waals surface area contributed by atoms with Crippen molar-refractivity contribution in [1.82, 2.24) is 5.32 Å². The fraction of sp³-hybridized carbons (Fsp3) is 0.350. The third-order valence-electron chi connectivity index (χ3n) is 3.59. The fourth-order valence-corrected chi connectivity index (χ4v) is 2.81. The minimum Gasteiger partial charge on any atom is -0.508 e. The van der Waals surface area contributed by atoms with Crippen molar-refractivity contribution in [3.63, 3.8) is 0 Å². The average Bonchev–Trinajstić information content (AvgIpc) is 2.65. The number of amides is 1. The zero-order valence-electron chi connectivity index (χ0n) is 15.5. The second kappa shape index (κ2) is 11.5. The molecule has 0 aromatic heterocycles. The Morgan fingerprint density at radius 1 is 1.00 bits per heavy atom. The third kappa shape index (κ3) is 7.37. The lowest BCUT2D eigenvalue weighted by atomic mass is 10.3. The Morgan fingerprint density at radius 2 is 1.57 bits per heavy atom. The van der Waals surface area contributed by atoms with Crippen molar-refractivity contribution in [1.29, 1.82) is 0 Å². The maximum Gasteiger partial charge on any atom is 0.412 e. The molecule has 0 bridgehead atoms. The summed E-state index contributed by atoms with van der Waals surface area (Å²) in [4.78, 5) is 11.5. The van der Waals surface area contributed by atoms with Gasteiger partial charge in [0.2, 0.25) is 0 Å². The number of nitrogens with one attached hydrogen (secondary N) is 1. The predicted octanol–water partition coefficient (Wildman–Crippen LogP) is 5.44. The number of unbranched alkanes of at least 4 members (excludes halogenated alkanes) is 1. The molecular weight excluding hydrogens is 405 g/mol. The van der Waals surface area contributed by atoms with E-state index in [0.717, 1.165) is 19.3 Å². The summed E-state index contributed by atoms with van der Waals surface area (Å²) < 4.78 is 16.4. The molecule has 0 aliphatic heterocycles. The third-order valence-corrected chi connectivity index (χ3v) is 4.15. The zero-order valence-corrected chi connectivity index (χ0v) is 17.1. The van der Waals surface area contributed by atoms with E-state index in [1.807, 2.05) is 6.92 Å². The van der Waals surface area contributed by atoms with Crippen LogP contribution in [0.25, 0.3) is 0 Å². The second-order valence-corrected chi connectivity index (χ2v) is 6.74. The minimum atomic E-state index is -0.468. The van der Waals surface area contributed by atoms with Gasteiger partial charge in [-0.15, -0.1) is 0 Å². The quantitative estimate of drug-likeness (QED) is 0.493. The van der Waals surface area contributed by atoms with E-state index in [4.69, 9.17) is 37.4 Å². The maximum atomic E-state index is 11.5. The van der Waals surface area contributed by atoms with Crippen molar-refractivity contribution in [2.75, 3.05) is 19.8 Å². The molecular formula is C20H23Cl2NO5. The van der Waals surface area contributed by atoms with E-state index in [-0.39, 0.29) is 15.8 Å². The van der Waals surface area contributed by atoms with Crippen LogP contribution >= 0.6 is 23.2 Å². The van der Waals surface area contributed by atoms with Crippen molar-refractivity contribution >= 4 is 29.3 Å². The van der Waals surface area contributed by atoms with Gasteiger partial charge in [0, 0.05) is 18.7 Å². The van der Waals surface area contributed by atoms with E-state index >= 15 is 0 Å². The van der Waals surface area contributed by atoms with Gasteiger partial charge >= 0.3 is 6.09 Å². The number of halogens is 2. The molecule has 0 aliphatic carbocycles. The van der Waals surface area contributed by atoms with Gasteiger partial charge in [0.15, 0.2) is 5.75 Å². The number of aromatic hydroxyl groups is 1. The highest BCUT2D eigenvalue weighted by atomic mass is 35.5. The monoisotopic (exact) mass is 427 g/mol. The smallest absolute Gasteiger partial charge is 0.412 e. The Labute approximate surface area is 174 Å². The second-order valence-electron chi connectivity index (χ2n) is 5.93. The van der Waals surface area contributed by atoms with Crippen LogP contribution in [0, 0.1) is 0 Å². The number of phenols is 1. The van der Waals surface area contributed by atoms with Crippen molar-refractivity contribution in [2.45, 2.75) is 26.2 Å². The maximum absolute atomic E-state index is 11.5. The number of benzene rings is 2. The Hall–Kier alpha value is -2.31. The van der Waals surface area contributed by atoms with E-state index in [1.54, 1.807) is 24.3 Å². The van der Waals surface area contributed by atoms with Gasteiger partial charge in [0.1, 0.15) is 17.2 Å². The standard InChI is InChI=1S/C20H23Cl2NO5/c1-2-9-23-20(25)28-16-7-5-15(6-8-16)26-10-3-4-11-27-19-17(21)12-14(24)13-18(19)22/h5-8,12-13,24H,2-4,9-11H2,1H3,(H,23,25). The molecule has 152 valence electrons. The lowest BCUT2D eigenvalue weighted by Crippen LogP contribution is -2.27. The lowest BCUT2D eigenvalue weighted by Gasteiger charge is -2.11. The normalized spacial score (nSPS) is 10.4. The molecule has 2 rings (SSSR count). The van der Waals surface area contributed by atoms with Gasteiger partial charge in [-0.3, -0.25) is 0 Å². The predicted molar refractivity (Wildman–Crippen MR) is 109 cm³/mol. The Balaban J connectivity index is 1.65. The largest absolute Gasteiger partial charge is 0.508 e. The van der Waals surface area contributed by atoms with Crippen LogP contribution in [0.2, 0.25) is 10.0 Å². The first kappa shape index (κ1) is 22.0. The molecule has 0 fully saturated rings. The average molecular weight is 428 g/mol. The van der Waals surface area contributed by atoms with Crippen LogP contribution in [-0.2, 0) is 0 Å². The zero-order chi connectivity index (χ0) is 20.4.